The standard InChI is InChI=1S/C20H21N5O3/c1-13-16(11-18(28-13)14-5-3-2-4-6-14)20(27)24-9-7-15(8-10-24)25-12-17(19(21)26)22-23-25/h2-6,11-12,15H,7-10H2,1H3,(H2,21,26). The molecule has 1 aliphatic rings. The highest BCUT2D eigenvalue weighted by molar-refractivity contribution is 5.96. The van der Waals surface area contributed by atoms with Gasteiger partial charge in [-0.1, -0.05) is 35.5 Å². The molecule has 1 saturated heterocycles. The Morgan fingerprint density at radius 3 is 2.54 bits per heavy atom. The summed E-state index contributed by atoms with van der Waals surface area (Å²) in [6.07, 6.45) is 3.03. The number of benzene rings is 1. The van der Waals surface area contributed by atoms with Crippen molar-refractivity contribution in [1.29, 1.82) is 0 Å². The second-order valence-electron chi connectivity index (χ2n) is 6.92. The van der Waals surface area contributed by atoms with Crippen molar-refractivity contribution in [3.05, 3.63) is 59.6 Å². The molecule has 0 radical (unpaired) electrons. The quantitative estimate of drug-likeness (QED) is 0.749. The van der Waals surface area contributed by atoms with Crippen molar-refractivity contribution in [2.75, 3.05) is 13.1 Å². The number of aryl methyl sites for hydroxylation is 1. The van der Waals surface area contributed by atoms with Gasteiger partial charge in [-0.2, -0.15) is 0 Å². The van der Waals surface area contributed by atoms with E-state index in [0.717, 1.165) is 18.4 Å². The zero-order valence-electron chi connectivity index (χ0n) is 15.5. The Hall–Kier alpha value is -3.42. The molecule has 3 heterocycles. The maximum atomic E-state index is 13.0. The minimum Gasteiger partial charge on any atom is -0.461 e. The van der Waals surface area contributed by atoms with Gasteiger partial charge in [0.15, 0.2) is 5.69 Å². The van der Waals surface area contributed by atoms with Crippen LogP contribution in [0, 0.1) is 6.92 Å². The second-order valence-corrected chi connectivity index (χ2v) is 6.92. The highest BCUT2D eigenvalue weighted by atomic mass is 16.3. The van der Waals surface area contributed by atoms with Crippen molar-refractivity contribution < 1.29 is 14.0 Å². The molecule has 0 spiro atoms. The fourth-order valence-corrected chi connectivity index (χ4v) is 3.51. The van der Waals surface area contributed by atoms with Crippen LogP contribution in [0.1, 0.15) is 45.5 Å². The zero-order chi connectivity index (χ0) is 19.7. The van der Waals surface area contributed by atoms with Gasteiger partial charge in [0, 0.05) is 18.7 Å². The summed E-state index contributed by atoms with van der Waals surface area (Å²) in [5.74, 6) is 0.688. The predicted molar refractivity (Wildman–Crippen MR) is 102 cm³/mol. The third kappa shape index (κ3) is 3.40. The number of rotatable bonds is 4. The van der Waals surface area contributed by atoms with E-state index < -0.39 is 5.91 Å². The Balaban J connectivity index is 1.44. The van der Waals surface area contributed by atoms with E-state index >= 15 is 0 Å². The first-order valence-electron chi connectivity index (χ1n) is 9.19. The number of piperidine rings is 1. The van der Waals surface area contributed by atoms with Gasteiger partial charge in [0.25, 0.3) is 11.8 Å². The van der Waals surface area contributed by atoms with E-state index in [-0.39, 0.29) is 17.6 Å². The SMILES string of the molecule is Cc1oc(-c2ccccc2)cc1C(=O)N1CCC(n2cc(C(N)=O)nn2)CC1. The highest BCUT2D eigenvalue weighted by Gasteiger charge is 2.28. The van der Waals surface area contributed by atoms with E-state index in [2.05, 4.69) is 10.3 Å². The second kappa shape index (κ2) is 7.30. The number of nitrogens with zero attached hydrogens (tertiary/aromatic N) is 4. The van der Waals surface area contributed by atoms with Crippen LogP contribution in [-0.2, 0) is 0 Å². The van der Waals surface area contributed by atoms with E-state index in [1.807, 2.05) is 48.2 Å². The Morgan fingerprint density at radius 1 is 1.18 bits per heavy atom. The van der Waals surface area contributed by atoms with E-state index in [1.165, 1.54) is 0 Å². The Labute approximate surface area is 161 Å². The molecule has 8 heteroatoms. The van der Waals surface area contributed by atoms with Gasteiger partial charge in [-0.25, -0.2) is 4.68 Å². The summed E-state index contributed by atoms with van der Waals surface area (Å²) < 4.78 is 7.48. The summed E-state index contributed by atoms with van der Waals surface area (Å²) >= 11 is 0. The van der Waals surface area contributed by atoms with Gasteiger partial charge in [0.2, 0.25) is 0 Å². The summed E-state index contributed by atoms with van der Waals surface area (Å²) in [6.45, 7) is 3.01. The maximum absolute atomic E-state index is 13.0. The highest BCUT2D eigenvalue weighted by Crippen LogP contribution is 2.28. The monoisotopic (exact) mass is 379 g/mol. The normalized spacial score (nSPS) is 15.0. The number of carbonyl (C=O) groups excluding carboxylic acids is 2. The third-order valence-electron chi connectivity index (χ3n) is 5.10. The van der Waals surface area contributed by atoms with Gasteiger partial charge in [-0.05, 0) is 25.8 Å². The lowest BCUT2D eigenvalue weighted by Crippen LogP contribution is -2.39. The van der Waals surface area contributed by atoms with E-state index in [0.29, 0.717) is 30.2 Å². The van der Waals surface area contributed by atoms with Crippen LogP contribution in [0.5, 0.6) is 0 Å². The summed E-state index contributed by atoms with van der Waals surface area (Å²) in [6, 6.07) is 11.6. The van der Waals surface area contributed by atoms with Gasteiger partial charge in [-0.15, -0.1) is 5.10 Å². The molecule has 4 rings (SSSR count). The lowest BCUT2D eigenvalue weighted by atomic mass is 10.0. The van der Waals surface area contributed by atoms with Crippen LogP contribution in [0.3, 0.4) is 0 Å². The average Bonchev–Trinajstić information content (AvgIpc) is 3.36. The number of primary amides is 1. The van der Waals surface area contributed by atoms with Crippen LogP contribution in [0.2, 0.25) is 0 Å². The average molecular weight is 379 g/mol. The van der Waals surface area contributed by atoms with Crippen LogP contribution in [0.25, 0.3) is 11.3 Å². The number of furan rings is 1. The van der Waals surface area contributed by atoms with Crippen molar-refractivity contribution in [2.45, 2.75) is 25.8 Å². The third-order valence-corrected chi connectivity index (χ3v) is 5.10. The summed E-state index contributed by atoms with van der Waals surface area (Å²) in [5, 5.41) is 7.77. The van der Waals surface area contributed by atoms with Crippen molar-refractivity contribution in [3.63, 3.8) is 0 Å². The molecular formula is C20H21N5O3. The molecule has 1 fully saturated rings. The van der Waals surface area contributed by atoms with Crippen LogP contribution >= 0.6 is 0 Å². The summed E-state index contributed by atoms with van der Waals surface area (Å²) in [4.78, 5) is 26.0. The van der Waals surface area contributed by atoms with E-state index in [4.69, 9.17) is 10.2 Å². The number of hydrogen-bond acceptors (Lipinski definition) is 5. The van der Waals surface area contributed by atoms with Crippen LogP contribution in [-0.4, -0.2) is 44.8 Å². The summed E-state index contributed by atoms with van der Waals surface area (Å²) in [7, 11) is 0. The van der Waals surface area contributed by atoms with Crippen LogP contribution in [0.15, 0.2) is 47.0 Å². The maximum Gasteiger partial charge on any atom is 0.270 e. The van der Waals surface area contributed by atoms with Crippen molar-refractivity contribution in [2.24, 2.45) is 5.73 Å². The lowest BCUT2D eigenvalue weighted by Gasteiger charge is -2.31. The molecule has 8 nitrogen and oxygen atoms in total. The number of nitrogens with two attached hydrogens (primary N) is 1. The first-order valence-corrected chi connectivity index (χ1v) is 9.19. The van der Waals surface area contributed by atoms with Gasteiger partial charge in [0.1, 0.15) is 11.5 Å². The molecule has 0 saturated carbocycles. The largest absolute Gasteiger partial charge is 0.461 e. The molecular weight excluding hydrogens is 358 g/mol. The first kappa shape index (κ1) is 18.0. The van der Waals surface area contributed by atoms with Crippen LogP contribution in [0.4, 0.5) is 0 Å². The lowest BCUT2D eigenvalue weighted by molar-refractivity contribution is 0.0687. The molecule has 2 amide bonds. The molecule has 1 aliphatic heterocycles. The summed E-state index contributed by atoms with van der Waals surface area (Å²) in [5.41, 5.74) is 6.91. The van der Waals surface area contributed by atoms with Crippen LogP contribution < -0.4 is 5.73 Å². The Bertz CT molecular complexity index is 1000. The minimum atomic E-state index is -0.594. The smallest absolute Gasteiger partial charge is 0.270 e. The Kier molecular flexibility index (Phi) is 4.68. The molecule has 0 aliphatic carbocycles. The van der Waals surface area contributed by atoms with Gasteiger partial charge < -0.3 is 15.1 Å². The Morgan fingerprint density at radius 2 is 1.89 bits per heavy atom. The van der Waals surface area contributed by atoms with Gasteiger partial charge in [-0.3, -0.25) is 9.59 Å². The van der Waals surface area contributed by atoms with E-state index in [9.17, 15) is 9.59 Å². The number of likely N-dealkylation sites (tertiary alicyclic amines) is 1. The number of hydrogen-bond donors (Lipinski definition) is 1. The van der Waals surface area contributed by atoms with Gasteiger partial charge >= 0.3 is 0 Å². The van der Waals surface area contributed by atoms with Crippen molar-refractivity contribution in [1.82, 2.24) is 19.9 Å². The molecule has 144 valence electrons. The van der Waals surface area contributed by atoms with E-state index in [1.54, 1.807) is 10.9 Å². The molecule has 3 aromatic rings. The first-order chi connectivity index (χ1) is 13.5. The molecule has 0 bridgehead atoms. The topological polar surface area (TPSA) is 107 Å². The number of carbonyl (C=O) groups is 2. The fraction of sp³-hybridized carbons (Fsp3) is 0.300. The van der Waals surface area contributed by atoms with Crippen molar-refractivity contribution >= 4 is 11.8 Å². The molecule has 28 heavy (non-hydrogen) atoms. The molecule has 0 atom stereocenters. The zero-order valence-corrected chi connectivity index (χ0v) is 15.5. The molecule has 0 unspecified atom stereocenters. The predicted octanol–water partition coefficient (Wildman–Crippen LogP) is 2.42. The molecule has 2 aromatic heterocycles. The number of amides is 2. The fourth-order valence-electron chi connectivity index (χ4n) is 3.51. The van der Waals surface area contributed by atoms with Gasteiger partial charge in [0.05, 0.1) is 17.8 Å². The minimum absolute atomic E-state index is 0.0294. The van der Waals surface area contributed by atoms with Crippen molar-refractivity contribution in [3.8, 4) is 11.3 Å². The number of aromatic nitrogens is 3. The molecule has 1 aromatic carbocycles. The molecule has 2 N–H and O–H groups in total.